The minimum Gasteiger partial charge on any atom is -0.494 e. The normalized spacial score (nSPS) is 18.3. The van der Waals surface area contributed by atoms with Crippen molar-refractivity contribution in [1.82, 2.24) is 19.8 Å². The van der Waals surface area contributed by atoms with Gasteiger partial charge in [-0.05, 0) is 37.4 Å². The fourth-order valence-corrected chi connectivity index (χ4v) is 6.36. The van der Waals surface area contributed by atoms with E-state index in [-0.39, 0.29) is 5.92 Å². The van der Waals surface area contributed by atoms with Crippen LogP contribution in [0.2, 0.25) is 0 Å². The van der Waals surface area contributed by atoms with Gasteiger partial charge in [-0.1, -0.05) is 6.92 Å². The average Bonchev–Trinajstić information content (AvgIpc) is 3.27. The summed E-state index contributed by atoms with van der Waals surface area (Å²) in [5.41, 5.74) is 9.03. The summed E-state index contributed by atoms with van der Waals surface area (Å²) >= 11 is 1.66. The Hall–Kier alpha value is -3.24. The number of aromatic nitrogens is 2. The first kappa shape index (κ1) is 23.5. The lowest BCUT2D eigenvalue weighted by molar-refractivity contribution is -0.137. The van der Waals surface area contributed by atoms with Crippen molar-refractivity contribution >= 4 is 50.9 Å². The van der Waals surface area contributed by atoms with Crippen molar-refractivity contribution in [3.05, 3.63) is 34.5 Å². The lowest BCUT2D eigenvalue weighted by Crippen LogP contribution is -2.50. The van der Waals surface area contributed by atoms with Crippen LogP contribution in [0.25, 0.3) is 10.2 Å². The van der Waals surface area contributed by atoms with E-state index in [1.165, 1.54) is 16.7 Å². The zero-order valence-electron chi connectivity index (χ0n) is 20.1. The Bertz CT molecular complexity index is 1270. The molecule has 4 N–H and O–H groups in total. The largest absolute Gasteiger partial charge is 0.494 e. The Labute approximate surface area is 208 Å². The molecule has 0 radical (unpaired) electrons. The fraction of sp³-hybridized carbons (Fsp3) is 0.440. The molecule has 1 unspecified atom stereocenters. The number of nitrogen functional groups attached to an aromatic ring is 1. The second-order valence-corrected chi connectivity index (χ2v) is 10.1. The van der Waals surface area contributed by atoms with Crippen LogP contribution in [0.15, 0.2) is 18.5 Å². The highest BCUT2D eigenvalue weighted by atomic mass is 32.1. The summed E-state index contributed by atoms with van der Waals surface area (Å²) < 4.78 is 5.51. The third-order valence-corrected chi connectivity index (χ3v) is 8.30. The number of ether oxygens (including phenoxy) is 1. The van der Waals surface area contributed by atoms with Gasteiger partial charge in [0.05, 0.1) is 18.2 Å². The van der Waals surface area contributed by atoms with E-state index < -0.39 is 0 Å². The lowest BCUT2D eigenvalue weighted by Gasteiger charge is -2.36. The smallest absolute Gasteiger partial charge is 0.226 e. The number of fused-ring (bicyclic) bond motifs is 3. The van der Waals surface area contributed by atoms with Crippen molar-refractivity contribution in [1.29, 1.82) is 5.41 Å². The third kappa shape index (κ3) is 4.43. The van der Waals surface area contributed by atoms with Crippen LogP contribution in [-0.2, 0) is 17.6 Å². The van der Waals surface area contributed by atoms with Gasteiger partial charge < -0.3 is 31.0 Å². The molecule has 3 aromatic rings. The number of piperazine rings is 1. The lowest BCUT2D eigenvalue weighted by atomic mass is 9.86. The van der Waals surface area contributed by atoms with Crippen LogP contribution in [0.1, 0.15) is 29.3 Å². The zero-order valence-corrected chi connectivity index (χ0v) is 21.0. The topological polar surface area (TPSA) is 120 Å². The Morgan fingerprint density at radius 3 is 2.83 bits per heavy atom. The second kappa shape index (κ2) is 9.79. The first-order chi connectivity index (χ1) is 17.0. The number of benzene rings is 1. The molecule has 184 valence electrons. The van der Waals surface area contributed by atoms with Gasteiger partial charge in [-0.25, -0.2) is 9.97 Å². The quantitative estimate of drug-likeness (QED) is 0.356. The van der Waals surface area contributed by atoms with Crippen LogP contribution in [0.4, 0.5) is 17.2 Å². The van der Waals surface area contributed by atoms with E-state index >= 15 is 0 Å². The van der Waals surface area contributed by atoms with Crippen molar-refractivity contribution in [3.63, 3.8) is 0 Å². The fourth-order valence-electron chi connectivity index (χ4n) is 5.09. The molecule has 1 fully saturated rings. The zero-order chi connectivity index (χ0) is 24.5. The average molecular weight is 494 g/mol. The Morgan fingerprint density at radius 1 is 1.31 bits per heavy atom. The number of nitrogens with one attached hydrogen (secondary N) is 2. The van der Waals surface area contributed by atoms with E-state index in [2.05, 4.69) is 32.0 Å². The van der Waals surface area contributed by atoms with Gasteiger partial charge in [0.2, 0.25) is 5.91 Å². The highest BCUT2D eigenvalue weighted by Crippen LogP contribution is 2.42. The molecular weight excluding hydrogens is 462 g/mol. The van der Waals surface area contributed by atoms with Crippen molar-refractivity contribution in [2.75, 3.05) is 50.9 Å². The van der Waals surface area contributed by atoms with Gasteiger partial charge in [0.25, 0.3) is 0 Å². The van der Waals surface area contributed by atoms with Crippen LogP contribution in [0.5, 0.6) is 5.75 Å². The Kier molecular flexibility index (Phi) is 6.57. The minimum atomic E-state index is 0.0282. The van der Waals surface area contributed by atoms with E-state index in [0.717, 1.165) is 62.2 Å². The van der Waals surface area contributed by atoms with Gasteiger partial charge >= 0.3 is 0 Å². The number of thiophene rings is 1. The number of carbonyl (C=O) groups is 1. The van der Waals surface area contributed by atoms with Crippen molar-refractivity contribution < 1.29 is 9.53 Å². The highest BCUT2D eigenvalue weighted by molar-refractivity contribution is 7.19. The van der Waals surface area contributed by atoms with E-state index in [1.807, 2.05) is 0 Å². The highest BCUT2D eigenvalue weighted by Gasteiger charge is 2.32. The maximum Gasteiger partial charge on any atom is 0.226 e. The van der Waals surface area contributed by atoms with Crippen LogP contribution in [-0.4, -0.2) is 71.7 Å². The number of likely N-dealkylation sites (N-methyl/N-ethyl adjacent to an activating group) is 1. The Balaban J connectivity index is 1.41. The van der Waals surface area contributed by atoms with Crippen molar-refractivity contribution in [2.45, 2.75) is 26.2 Å². The molecule has 1 saturated heterocycles. The van der Waals surface area contributed by atoms with Crippen LogP contribution in [0.3, 0.4) is 0 Å². The molecular formula is C25H31N7O2S. The second-order valence-electron chi connectivity index (χ2n) is 9.06. The van der Waals surface area contributed by atoms with E-state index in [0.29, 0.717) is 34.4 Å². The summed E-state index contributed by atoms with van der Waals surface area (Å²) in [5, 5.41) is 12.0. The number of nitrogens with zero attached hydrogens (tertiary/aromatic N) is 4. The predicted molar refractivity (Wildman–Crippen MR) is 140 cm³/mol. The molecule has 9 nitrogen and oxygen atoms in total. The molecule has 1 atom stereocenters. The molecule has 5 rings (SSSR count). The number of methoxy groups -OCH3 is 1. The maximum absolute atomic E-state index is 13.3. The van der Waals surface area contributed by atoms with E-state index in [4.69, 9.17) is 15.9 Å². The molecule has 0 bridgehead atoms. The third-order valence-electron chi connectivity index (χ3n) is 7.14. The first-order valence-electron chi connectivity index (χ1n) is 12.0. The number of carbonyl (C=O) groups excluding carboxylic acids is 1. The molecule has 2 aliphatic rings. The number of rotatable bonds is 6. The first-order valence-corrected chi connectivity index (χ1v) is 12.8. The van der Waals surface area contributed by atoms with E-state index in [1.54, 1.807) is 36.9 Å². The maximum atomic E-state index is 13.3. The van der Waals surface area contributed by atoms with Gasteiger partial charge in [0.15, 0.2) is 0 Å². The molecule has 1 aliphatic carbocycles. The van der Waals surface area contributed by atoms with Gasteiger partial charge in [-0.3, -0.25) is 4.79 Å². The molecule has 0 spiro atoms. The van der Waals surface area contributed by atoms with Gasteiger partial charge in [-0.15, -0.1) is 11.3 Å². The standard InChI is InChI=1S/C25H31N7O2S/c1-3-31-6-8-32(9-7-31)25(33)15-4-5-17-21(11-15)35-24-22(17)23(28-14-29-24)30-19-10-16(13-26)18(27)12-20(19)34-2/h10,12-15,26H,3-9,11,27H2,1-2H3,(H,28,29,30). The minimum absolute atomic E-state index is 0.0282. The number of amides is 1. The van der Waals surface area contributed by atoms with Gasteiger partial charge in [0, 0.05) is 60.5 Å². The molecule has 1 aromatic carbocycles. The number of anilines is 3. The molecule has 0 saturated carbocycles. The Morgan fingerprint density at radius 2 is 2.11 bits per heavy atom. The van der Waals surface area contributed by atoms with E-state index in [9.17, 15) is 4.79 Å². The predicted octanol–water partition coefficient (Wildman–Crippen LogP) is 3.29. The molecule has 1 amide bonds. The molecule has 10 heteroatoms. The van der Waals surface area contributed by atoms with Crippen LogP contribution < -0.4 is 15.8 Å². The number of aryl methyl sites for hydroxylation is 1. The number of nitrogens with two attached hydrogens (primary N) is 1. The summed E-state index contributed by atoms with van der Waals surface area (Å²) in [6.07, 6.45) is 5.20. The van der Waals surface area contributed by atoms with Crippen LogP contribution >= 0.6 is 11.3 Å². The number of hydrogen-bond acceptors (Lipinski definition) is 9. The molecule has 1 aliphatic heterocycles. The van der Waals surface area contributed by atoms with Crippen molar-refractivity contribution in [3.8, 4) is 5.75 Å². The van der Waals surface area contributed by atoms with Gasteiger partial charge in [0.1, 0.15) is 22.7 Å². The summed E-state index contributed by atoms with van der Waals surface area (Å²) in [6.45, 7) is 6.78. The number of hydrogen-bond donors (Lipinski definition) is 3. The molecule has 2 aromatic heterocycles. The summed E-state index contributed by atoms with van der Waals surface area (Å²) in [4.78, 5) is 28.9. The molecule has 3 heterocycles. The summed E-state index contributed by atoms with van der Waals surface area (Å²) in [6, 6.07) is 3.50. The summed E-state index contributed by atoms with van der Waals surface area (Å²) in [5.74, 6) is 1.60. The molecule has 35 heavy (non-hydrogen) atoms. The van der Waals surface area contributed by atoms with Crippen molar-refractivity contribution in [2.24, 2.45) is 5.92 Å². The van der Waals surface area contributed by atoms with Crippen LogP contribution in [0, 0.1) is 11.3 Å². The van der Waals surface area contributed by atoms with Gasteiger partial charge in [-0.2, -0.15) is 0 Å². The monoisotopic (exact) mass is 493 g/mol. The SMILES string of the molecule is CCN1CCN(C(=O)C2CCc3c(sc4ncnc(Nc5cc(C=N)c(N)cc5OC)c34)C2)CC1. The summed E-state index contributed by atoms with van der Waals surface area (Å²) in [7, 11) is 1.59.